The molecule has 2 aromatic rings. The number of ether oxygens (including phenoxy) is 1. The van der Waals surface area contributed by atoms with Gasteiger partial charge in [-0.2, -0.15) is 13.2 Å². The minimum absolute atomic E-state index is 0.0113. The third-order valence-electron chi connectivity index (χ3n) is 3.30. The van der Waals surface area contributed by atoms with Crippen LogP contribution in [0.3, 0.4) is 0 Å². The molecule has 0 aliphatic rings. The molecule has 0 aliphatic heterocycles. The largest absolute Gasteiger partial charge is 0.450 e. The summed E-state index contributed by atoms with van der Waals surface area (Å²) in [6.45, 7) is 1.72. The van der Waals surface area contributed by atoms with Gasteiger partial charge >= 0.3 is 12.3 Å². The molecule has 0 spiro atoms. The number of nitrogens with zero attached hydrogens (tertiary/aromatic N) is 2. The first-order valence-electron chi connectivity index (χ1n) is 7.12. The van der Waals surface area contributed by atoms with Crippen LogP contribution in [-0.4, -0.2) is 22.3 Å². The Hall–Kier alpha value is -2.26. The van der Waals surface area contributed by atoms with Crippen LogP contribution in [0.25, 0.3) is 11.3 Å². The number of anilines is 1. The average molecular weight is 410 g/mol. The lowest BCUT2D eigenvalue weighted by atomic mass is 10.1. The second-order valence-corrected chi connectivity index (χ2v) is 5.83. The van der Waals surface area contributed by atoms with E-state index in [1.165, 1.54) is 12.1 Å². The Morgan fingerprint density at radius 2 is 1.96 bits per heavy atom. The number of alkyl halides is 3. The van der Waals surface area contributed by atoms with Gasteiger partial charge in [-0.05, 0) is 19.1 Å². The van der Waals surface area contributed by atoms with Gasteiger partial charge in [-0.1, -0.05) is 23.2 Å². The molecule has 0 unspecified atom stereocenters. The fourth-order valence-electron chi connectivity index (χ4n) is 2.09. The van der Waals surface area contributed by atoms with E-state index in [1.54, 1.807) is 6.92 Å². The topological polar surface area (TPSA) is 73.2 Å². The van der Waals surface area contributed by atoms with Gasteiger partial charge in [0, 0.05) is 12.6 Å². The van der Waals surface area contributed by atoms with Gasteiger partial charge in [0.05, 0.1) is 28.5 Å². The van der Waals surface area contributed by atoms with E-state index in [2.05, 4.69) is 10.3 Å². The molecule has 6 nitrogen and oxygen atoms in total. The predicted octanol–water partition coefficient (Wildman–Crippen LogP) is 4.34. The van der Waals surface area contributed by atoms with E-state index in [9.17, 15) is 22.8 Å². The number of aromatic nitrogens is 2. The molecule has 1 N–H and O–H groups in total. The van der Waals surface area contributed by atoms with Crippen molar-refractivity contribution in [1.29, 1.82) is 0 Å². The second kappa shape index (κ2) is 7.55. The number of benzene rings is 1. The lowest BCUT2D eigenvalue weighted by molar-refractivity contribution is -0.144. The number of carbonyl (C=O) groups excluding carboxylic acids is 1. The van der Waals surface area contributed by atoms with Crippen molar-refractivity contribution in [2.24, 2.45) is 7.05 Å². The maximum atomic E-state index is 12.9. The minimum atomic E-state index is -4.74. The SMILES string of the molecule is CCOC(=O)Nc1cc(-c2ncc(C(F)(F)F)n(C)c2=O)c(Cl)cc1Cl. The zero-order chi connectivity index (χ0) is 19.6. The Labute approximate surface area is 155 Å². The summed E-state index contributed by atoms with van der Waals surface area (Å²) in [5.74, 6) is 0. The van der Waals surface area contributed by atoms with Crippen molar-refractivity contribution in [3.05, 3.63) is 44.4 Å². The molecule has 1 amide bonds. The summed E-state index contributed by atoms with van der Waals surface area (Å²) in [6, 6.07) is 2.47. The summed E-state index contributed by atoms with van der Waals surface area (Å²) >= 11 is 12.0. The van der Waals surface area contributed by atoms with E-state index in [0.717, 1.165) is 7.05 Å². The normalized spacial score (nSPS) is 11.3. The molecule has 11 heteroatoms. The van der Waals surface area contributed by atoms with Crippen LogP contribution >= 0.6 is 23.2 Å². The first-order valence-corrected chi connectivity index (χ1v) is 7.88. The number of halogens is 5. The fraction of sp³-hybridized carbons (Fsp3) is 0.267. The van der Waals surface area contributed by atoms with Crippen LogP contribution in [0, 0.1) is 0 Å². The Morgan fingerprint density at radius 3 is 2.54 bits per heavy atom. The molecule has 140 valence electrons. The van der Waals surface area contributed by atoms with Crippen LogP contribution in [0.5, 0.6) is 0 Å². The maximum Gasteiger partial charge on any atom is 0.433 e. The Balaban J connectivity index is 2.57. The van der Waals surface area contributed by atoms with Crippen molar-refractivity contribution in [3.8, 4) is 11.3 Å². The molecule has 0 aliphatic carbocycles. The van der Waals surface area contributed by atoms with E-state index in [1.807, 2.05) is 0 Å². The Morgan fingerprint density at radius 1 is 1.31 bits per heavy atom. The molecule has 2 rings (SSSR count). The van der Waals surface area contributed by atoms with Crippen molar-refractivity contribution in [2.75, 3.05) is 11.9 Å². The number of hydrogen-bond donors (Lipinski definition) is 1. The summed E-state index contributed by atoms with van der Waals surface area (Å²) in [5.41, 5.74) is -2.47. The zero-order valence-corrected chi connectivity index (χ0v) is 15.0. The van der Waals surface area contributed by atoms with Crippen molar-refractivity contribution in [2.45, 2.75) is 13.1 Å². The van der Waals surface area contributed by atoms with Gasteiger partial charge in [0.25, 0.3) is 5.56 Å². The quantitative estimate of drug-likeness (QED) is 0.817. The first kappa shape index (κ1) is 20.1. The summed E-state index contributed by atoms with van der Waals surface area (Å²) < 4.78 is 43.8. The molecular weight excluding hydrogens is 398 g/mol. The lowest BCUT2D eigenvalue weighted by Crippen LogP contribution is -2.27. The highest BCUT2D eigenvalue weighted by atomic mass is 35.5. The van der Waals surface area contributed by atoms with E-state index >= 15 is 0 Å². The predicted molar refractivity (Wildman–Crippen MR) is 90.6 cm³/mol. The number of hydrogen-bond acceptors (Lipinski definition) is 4. The van der Waals surface area contributed by atoms with Crippen LogP contribution in [-0.2, 0) is 18.0 Å². The van der Waals surface area contributed by atoms with Gasteiger partial charge in [0.15, 0.2) is 0 Å². The van der Waals surface area contributed by atoms with Crippen molar-refractivity contribution in [1.82, 2.24) is 9.55 Å². The molecule has 0 saturated heterocycles. The molecule has 0 radical (unpaired) electrons. The van der Waals surface area contributed by atoms with Crippen molar-refractivity contribution >= 4 is 35.0 Å². The Bertz CT molecular complexity index is 913. The standard InChI is InChI=1S/C15H12Cl2F3N3O3/c1-3-26-14(25)22-10-4-7(8(16)5-9(10)17)12-13(24)23(2)11(6-21-12)15(18,19)20/h4-6H,3H2,1-2H3,(H,22,25). The zero-order valence-electron chi connectivity index (χ0n) is 13.4. The molecule has 26 heavy (non-hydrogen) atoms. The minimum Gasteiger partial charge on any atom is -0.450 e. The van der Waals surface area contributed by atoms with Crippen molar-refractivity contribution in [3.63, 3.8) is 0 Å². The Kier molecular flexibility index (Phi) is 5.82. The summed E-state index contributed by atoms with van der Waals surface area (Å²) in [6.07, 6.45) is -5.00. The van der Waals surface area contributed by atoms with Gasteiger partial charge < -0.3 is 9.30 Å². The fourth-order valence-corrected chi connectivity index (χ4v) is 2.61. The smallest absolute Gasteiger partial charge is 0.433 e. The van der Waals surface area contributed by atoms with Gasteiger partial charge in [0.1, 0.15) is 11.4 Å². The highest BCUT2D eigenvalue weighted by Crippen LogP contribution is 2.34. The van der Waals surface area contributed by atoms with E-state index < -0.39 is 23.5 Å². The van der Waals surface area contributed by atoms with Crippen molar-refractivity contribution < 1.29 is 22.7 Å². The van der Waals surface area contributed by atoms with E-state index in [-0.39, 0.29) is 33.6 Å². The summed E-state index contributed by atoms with van der Waals surface area (Å²) in [4.78, 5) is 27.4. The third kappa shape index (κ3) is 4.10. The highest BCUT2D eigenvalue weighted by molar-refractivity contribution is 6.38. The number of rotatable bonds is 3. The molecule has 1 aromatic carbocycles. The van der Waals surface area contributed by atoms with Gasteiger partial charge in [0.2, 0.25) is 0 Å². The third-order valence-corrected chi connectivity index (χ3v) is 3.92. The first-order chi connectivity index (χ1) is 12.1. The van der Waals surface area contributed by atoms with Crippen LogP contribution in [0.2, 0.25) is 10.0 Å². The molecule has 0 bridgehead atoms. The molecule has 0 saturated carbocycles. The number of nitrogens with one attached hydrogen (secondary N) is 1. The molecule has 0 fully saturated rings. The average Bonchev–Trinajstić information content (AvgIpc) is 2.52. The summed E-state index contributed by atoms with van der Waals surface area (Å²) in [5, 5.41) is 2.38. The molecule has 0 atom stereocenters. The highest BCUT2D eigenvalue weighted by Gasteiger charge is 2.34. The molecule has 1 aromatic heterocycles. The van der Waals surface area contributed by atoms with Crippen LogP contribution in [0.1, 0.15) is 12.6 Å². The number of carbonyl (C=O) groups is 1. The maximum absolute atomic E-state index is 12.9. The summed E-state index contributed by atoms with van der Waals surface area (Å²) in [7, 11) is 0.970. The molecular formula is C15H12Cl2F3N3O3. The monoisotopic (exact) mass is 409 g/mol. The number of amides is 1. The van der Waals surface area contributed by atoms with Gasteiger partial charge in [-0.25, -0.2) is 9.78 Å². The van der Waals surface area contributed by atoms with Crippen LogP contribution in [0.15, 0.2) is 23.1 Å². The van der Waals surface area contributed by atoms with E-state index in [0.29, 0.717) is 10.8 Å². The van der Waals surface area contributed by atoms with Gasteiger partial charge in [-0.3, -0.25) is 10.1 Å². The second-order valence-electron chi connectivity index (χ2n) is 5.01. The van der Waals surface area contributed by atoms with Crippen LogP contribution < -0.4 is 10.9 Å². The van der Waals surface area contributed by atoms with E-state index in [4.69, 9.17) is 27.9 Å². The lowest BCUT2D eigenvalue weighted by Gasteiger charge is -2.14. The van der Waals surface area contributed by atoms with Gasteiger partial charge in [-0.15, -0.1) is 0 Å². The molecule has 1 heterocycles. The van der Waals surface area contributed by atoms with Crippen LogP contribution in [0.4, 0.5) is 23.7 Å².